The van der Waals surface area contributed by atoms with Crippen molar-refractivity contribution in [2.75, 3.05) is 19.7 Å². The highest BCUT2D eigenvalue weighted by atomic mass is 16.5. The fourth-order valence-electron chi connectivity index (χ4n) is 2.83. The van der Waals surface area contributed by atoms with Crippen LogP contribution in [-0.4, -0.2) is 36.0 Å². The van der Waals surface area contributed by atoms with Crippen molar-refractivity contribution >= 4 is 0 Å². The highest BCUT2D eigenvalue weighted by Crippen LogP contribution is 2.32. The van der Waals surface area contributed by atoms with Gasteiger partial charge in [-0.2, -0.15) is 0 Å². The van der Waals surface area contributed by atoms with E-state index in [1.807, 2.05) is 68.4 Å². The lowest BCUT2D eigenvalue weighted by Crippen LogP contribution is -2.47. The number of rotatable bonds is 9. The first-order chi connectivity index (χ1) is 11.6. The minimum absolute atomic E-state index is 0.278. The first-order valence-corrected chi connectivity index (χ1v) is 8.49. The Hall–Kier alpha value is -1.88. The molecule has 0 radical (unpaired) electrons. The summed E-state index contributed by atoms with van der Waals surface area (Å²) in [5, 5.41) is 25.2. The van der Waals surface area contributed by atoms with Gasteiger partial charge in [0.1, 0.15) is 11.4 Å². The molecule has 0 fully saturated rings. The van der Waals surface area contributed by atoms with Gasteiger partial charge in [-0.05, 0) is 30.7 Å². The van der Waals surface area contributed by atoms with Crippen molar-refractivity contribution in [2.24, 2.45) is 0 Å². The second-order valence-electron chi connectivity index (χ2n) is 5.83. The molecule has 24 heavy (non-hydrogen) atoms. The molecule has 0 aliphatic carbocycles. The van der Waals surface area contributed by atoms with Crippen LogP contribution in [0.4, 0.5) is 0 Å². The maximum absolute atomic E-state index is 11.4. The van der Waals surface area contributed by atoms with Crippen molar-refractivity contribution in [3.8, 4) is 5.75 Å². The van der Waals surface area contributed by atoms with Gasteiger partial charge in [-0.25, -0.2) is 0 Å². The number of aliphatic hydroxyl groups excluding tert-OH is 1. The van der Waals surface area contributed by atoms with E-state index < -0.39 is 11.7 Å². The van der Waals surface area contributed by atoms with Crippen LogP contribution in [-0.2, 0) is 12.0 Å². The first kappa shape index (κ1) is 18.5. The van der Waals surface area contributed by atoms with Gasteiger partial charge in [0.15, 0.2) is 0 Å². The standard InChI is InChI=1S/C20H27NO3/c1-3-21-15-19(22)20(23,17-11-6-5-7-12-17)14-16-10-8-9-13-18(16)24-4-2/h5-13,19,21-23H,3-4,14-15H2,1-2H3/t19?,20-/m1/s1. The number of benzene rings is 2. The summed E-state index contributed by atoms with van der Waals surface area (Å²) in [5.41, 5.74) is 0.180. The van der Waals surface area contributed by atoms with E-state index in [2.05, 4.69) is 5.32 Å². The summed E-state index contributed by atoms with van der Waals surface area (Å²) in [6, 6.07) is 17.0. The van der Waals surface area contributed by atoms with Crippen molar-refractivity contribution in [2.45, 2.75) is 32.0 Å². The fourth-order valence-corrected chi connectivity index (χ4v) is 2.83. The zero-order chi connectivity index (χ0) is 17.4. The Balaban J connectivity index is 2.36. The van der Waals surface area contributed by atoms with Crippen LogP contribution in [0, 0.1) is 0 Å². The average molecular weight is 329 g/mol. The molecule has 0 aliphatic rings. The molecule has 0 saturated heterocycles. The Morgan fingerprint density at radius 3 is 2.38 bits per heavy atom. The van der Waals surface area contributed by atoms with Crippen LogP contribution in [0.15, 0.2) is 54.6 Å². The topological polar surface area (TPSA) is 61.7 Å². The Morgan fingerprint density at radius 2 is 1.71 bits per heavy atom. The minimum Gasteiger partial charge on any atom is -0.494 e. The van der Waals surface area contributed by atoms with Gasteiger partial charge in [-0.1, -0.05) is 55.5 Å². The Labute approximate surface area is 144 Å². The highest BCUT2D eigenvalue weighted by Gasteiger charge is 2.38. The average Bonchev–Trinajstić information content (AvgIpc) is 2.62. The predicted molar refractivity (Wildman–Crippen MR) is 96.2 cm³/mol. The Morgan fingerprint density at radius 1 is 1.04 bits per heavy atom. The van der Waals surface area contributed by atoms with Gasteiger partial charge in [-0.3, -0.25) is 0 Å². The third-order valence-electron chi connectivity index (χ3n) is 4.15. The maximum Gasteiger partial charge on any atom is 0.122 e. The van der Waals surface area contributed by atoms with E-state index in [1.165, 1.54) is 0 Å². The van der Waals surface area contributed by atoms with Gasteiger partial charge in [0.2, 0.25) is 0 Å². The van der Waals surface area contributed by atoms with E-state index in [4.69, 9.17) is 4.74 Å². The van der Waals surface area contributed by atoms with Crippen LogP contribution >= 0.6 is 0 Å². The molecule has 0 aliphatic heterocycles. The number of para-hydroxylation sites is 1. The van der Waals surface area contributed by atoms with E-state index in [-0.39, 0.29) is 6.42 Å². The van der Waals surface area contributed by atoms with E-state index in [0.717, 1.165) is 17.9 Å². The summed E-state index contributed by atoms with van der Waals surface area (Å²) < 4.78 is 5.67. The monoisotopic (exact) mass is 329 g/mol. The molecule has 0 heterocycles. The van der Waals surface area contributed by atoms with Gasteiger partial charge in [-0.15, -0.1) is 0 Å². The van der Waals surface area contributed by atoms with Gasteiger partial charge in [0.25, 0.3) is 0 Å². The van der Waals surface area contributed by atoms with Crippen LogP contribution in [0.2, 0.25) is 0 Å². The lowest BCUT2D eigenvalue weighted by molar-refractivity contribution is -0.0789. The molecule has 0 aromatic heterocycles. The van der Waals surface area contributed by atoms with Crippen LogP contribution in [0.1, 0.15) is 25.0 Å². The molecular formula is C20H27NO3. The van der Waals surface area contributed by atoms with Crippen LogP contribution in [0.25, 0.3) is 0 Å². The van der Waals surface area contributed by atoms with Crippen molar-refractivity contribution < 1.29 is 14.9 Å². The molecule has 0 bridgehead atoms. The van der Waals surface area contributed by atoms with Crippen LogP contribution in [0.3, 0.4) is 0 Å². The Bertz CT molecular complexity index is 617. The summed E-state index contributed by atoms with van der Waals surface area (Å²) >= 11 is 0. The summed E-state index contributed by atoms with van der Waals surface area (Å²) in [6.07, 6.45) is -0.658. The third kappa shape index (κ3) is 4.35. The molecule has 2 aromatic carbocycles. The SMILES string of the molecule is CCNCC(O)[C@@](O)(Cc1ccccc1OCC)c1ccccc1. The molecule has 0 amide bonds. The van der Waals surface area contributed by atoms with Crippen molar-refractivity contribution in [3.63, 3.8) is 0 Å². The van der Waals surface area contributed by atoms with E-state index in [0.29, 0.717) is 18.7 Å². The summed E-state index contributed by atoms with van der Waals surface area (Å²) in [5.74, 6) is 0.741. The lowest BCUT2D eigenvalue weighted by Gasteiger charge is -2.34. The molecule has 130 valence electrons. The van der Waals surface area contributed by atoms with E-state index >= 15 is 0 Å². The first-order valence-electron chi connectivity index (χ1n) is 8.49. The number of hydrogen-bond donors (Lipinski definition) is 3. The van der Waals surface area contributed by atoms with Crippen molar-refractivity contribution in [1.82, 2.24) is 5.32 Å². The zero-order valence-electron chi connectivity index (χ0n) is 14.4. The molecule has 0 spiro atoms. The molecular weight excluding hydrogens is 302 g/mol. The number of aliphatic hydroxyl groups is 2. The molecule has 4 nitrogen and oxygen atoms in total. The van der Waals surface area contributed by atoms with Crippen molar-refractivity contribution in [3.05, 3.63) is 65.7 Å². The zero-order valence-corrected chi connectivity index (χ0v) is 14.4. The van der Waals surface area contributed by atoms with E-state index in [9.17, 15) is 10.2 Å². The Kier molecular flexibility index (Phi) is 6.79. The number of hydrogen-bond acceptors (Lipinski definition) is 4. The molecule has 2 aromatic rings. The predicted octanol–water partition coefficient (Wildman–Crippen LogP) is 2.49. The summed E-state index contributed by atoms with van der Waals surface area (Å²) in [4.78, 5) is 0. The molecule has 2 rings (SSSR count). The molecule has 1 unspecified atom stereocenters. The normalized spacial score (nSPS) is 14.8. The largest absolute Gasteiger partial charge is 0.494 e. The minimum atomic E-state index is -1.39. The molecule has 3 N–H and O–H groups in total. The van der Waals surface area contributed by atoms with Gasteiger partial charge >= 0.3 is 0 Å². The summed E-state index contributed by atoms with van der Waals surface area (Å²) in [6.45, 7) is 5.51. The fraction of sp³-hybridized carbons (Fsp3) is 0.400. The van der Waals surface area contributed by atoms with E-state index in [1.54, 1.807) is 0 Å². The second-order valence-corrected chi connectivity index (χ2v) is 5.83. The smallest absolute Gasteiger partial charge is 0.122 e. The maximum atomic E-state index is 11.4. The highest BCUT2D eigenvalue weighted by molar-refractivity contribution is 5.37. The second kappa shape index (κ2) is 8.83. The van der Waals surface area contributed by atoms with Crippen LogP contribution in [0.5, 0.6) is 5.75 Å². The quantitative estimate of drug-likeness (QED) is 0.661. The molecule has 4 heteroatoms. The van der Waals surface area contributed by atoms with Gasteiger partial charge < -0.3 is 20.3 Å². The van der Waals surface area contributed by atoms with Crippen LogP contribution < -0.4 is 10.1 Å². The lowest BCUT2D eigenvalue weighted by atomic mass is 9.82. The third-order valence-corrected chi connectivity index (χ3v) is 4.15. The van der Waals surface area contributed by atoms with Gasteiger partial charge in [0, 0.05) is 13.0 Å². The summed E-state index contributed by atoms with van der Waals surface area (Å²) in [7, 11) is 0. The van der Waals surface area contributed by atoms with Gasteiger partial charge in [0.05, 0.1) is 12.7 Å². The number of ether oxygens (including phenoxy) is 1. The number of likely N-dealkylation sites (N-methyl/N-ethyl adjacent to an activating group) is 1. The van der Waals surface area contributed by atoms with Crippen molar-refractivity contribution in [1.29, 1.82) is 0 Å². The number of nitrogens with one attached hydrogen (secondary N) is 1. The molecule has 2 atom stereocenters. The molecule has 0 saturated carbocycles.